The van der Waals surface area contributed by atoms with E-state index in [1.807, 2.05) is 31.2 Å². The summed E-state index contributed by atoms with van der Waals surface area (Å²) in [7, 11) is 0. The minimum atomic E-state index is -0.458. The molecule has 4 heteroatoms. The van der Waals surface area contributed by atoms with Gasteiger partial charge in [-0.25, -0.2) is 0 Å². The average Bonchev–Trinajstić information content (AvgIpc) is 2.41. The van der Waals surface area contributed by atoms with Crippen molar-refractivity contribution >= 4 is 17.6 Å². The van der Waals surface area contributed by atoms with Crippen molar-refractivity contribution < 1.29 is 14.3 Å². The average molecular weight is 269 g/mol. The predicted molar refractivity (Wildman–Crippen MR) is 76.9 cm³/mol. The molecule has 0 heterocycles. The van der Waals surface area contributed by atoms with Crippen LogP contribution in [0.3, 0.4) is 0 Å². The highest BCUT2D eigenvalue weighted by atomic mass is 16.5. The van der Waals surface area contributed by atoms with E-state index < -0.39 is 5.97 Å². The zero-order chi connectivity index (χ0) is 14.5. The molecule has 0 aliphatic heterocycles. The summed E-state index contributed by atoms with van der Waals surface area (Å²) >= 11 is 0. The summed E-state index contributed by atoms with van der Waals surface area (Å²) in [5, 5.41) is 2.77. The van der Waals surface area contributed by atoms with E-state index in [1.165, 1.54) is 6.92 Å². The van der Waals surface area contributed by atoms with Crippen molar-refractivity contribution in [2.45, 2.75) is 13.8 Å². The zero-order valence-electron chi connectivity index (χ0n) is 11.3. The van der Waals surface area contributed by atoms with Crippen LogP contribution in [0.15, 0.2) is 48.5 Å². The van der Waals surface area contributed by atoms with E-state index in [9.17, 15) is 9.59 Å². The highest BCUT2D eigenvalue weighted by molar-refractivity contribution is 6.06. The van der Waals surface area contributed by atoms with Gasteiger partial charge in [0.25, 0.3) is 5.91 Å². The van der Waals surface area contributed by atoms with Crippen molar-refractivity contribution in [2.24, 2.45) is 0 Å². The highest BCUT2D eigenvalue weighted by Crippen LogP contribution is 2.20. The number of aryl methyl sites for hydroxylation is 1. The van der Waals surface area contributed by atoms with Crippen LogP contribution in [-0.4, -0.2) is 11.9 Å². The molecule has 0 aliphatic carbocycles. The maximum atomic E-state index is 12.2. The summed E-state index contributed by atoms with van der Waals surface area (Å²) in [5.74, 6) is -0.518. The first kappa shape index (κ1) is 13.8. The van der Waals surface area contributed by atoms with E-state index >= 15 is 0 Å². The number of carbonyl (C=O) groups excluding carboxylic acids is 2. The molecule has 0 saturated heterocycles. The van der Waals surface area contributed by atoms with Crippen LogP contribution in [0.4, 0.5) is 5.69 Å². The molecule has 2 aromatic carbocycles. The first-order valence-electron chi connectivity index (χ1n) is 6.22. The van der Waals surface area contributed by atoms with Crippen molar-refractivity contribution in [3.05, 3.63) is 59.7 Å². The summed E-state index contributed by atoms with van der Waals surface area (Å²) in [6.07, 6.45) is 0. The topological polar surface area (TPSA) is 55.4 Å². The number of para-hydroxylation sites is 1. The molecule has 0 fully saturated rings. The Kier molecular flexibility index (Phi) is 4.15. The fourth-order valence-electron chi connectivity index (χ4n) is 1.73. The van der Waals surface area contributed by atoms with Crippen LogP contribution in [-0.2, 0) is 4.79 Å². The van der Waals surface area contributed by atoms with E-state index in [4.69, 9.17) is 4.74 Å². The Labute approximate surface area is 117 Å². The quantitative estimate of drug-likeness (QED) is 0.687. The number of carbonyl (C=O) groups is 2. The molecule has 0 bridgehead atoms. The van der Waals surface area contributed by atoms with Gasteiger partial charge in [0, 0.05) is 12.6 Å². The number of rotatable bonds is 3. The fraction of sp³-hybridized carbons (Fsp3) is 0.125. The number of hydrogen-bond acceptors (Lipinski definition) is 3. The summed E-state index contributed by atoms with van der Waals surface area (Å²) in [5.41, 5.74) is 2.13. The van der Waals surface area contributed by atoms with Gasteiger partial charge >= 0.3 is 5.97 Å². The standard InChI is InChI=1S/C16H15NO3/c1-11-7-9-13(10-8-11)17-16(19)14-5-3-4-6-15(14)20-12(2)18/h3-10H,1-2H3,(H,17,19). The lowest BCUT2D eigenvalue weighted by molar-refractivity contribution is -0.131. The first-order chi connectivity index (χ1) is 9.56. The molecule has 1 N–H and O–H groups in total. The number of anilines is 1. The molecule has 4 nitrogen and oxygen atoms in total. The molecule has 20 heavy (non-hydrogen) atoms. The van der Waals surface area contributed by atoms with Crippen LogP contribution in [0.5, 0.6) is 5.75 Å². The first-order valence-corrected chi connectivity index (χ1v) is 6.22. The number of hydrogen-bond donors (Lipinski definition) is 1. The van der Waals surface area contributed by atoms with Crippen molar-refractivity contribution in [3.63, 3.8) is 0 Å². The molecule has 2 aromatic rings. The number of nitrogens with one attached hydrogen (secondary N) is 1. The zero-order valence-corrected chi connectivity index (χ0v) is 11.3. The maximum absolute atomic E-state index is 12.2. The third-order valence-corrected chi connectivity index (χ3v) is 2.69. The molecule has 102 valence electrons. The lowest BCUT2D eigenvalue weighted by Crippen LogP contribution is -2.14. The second kappa shape index (κ2) is 6.02. The van der Waals surface area contributed by atoms with Gasteiger partial charge in [-0.05, 0) is 31.2 Å². The summed E-state index contributed by atoms with van der Waals surface area (Å²) < 4.78 is 5.02. The third kappa shape index (κ3) is 3.45. The molecule has 0 aliphatic rings. The molecule has 0 spiro atoms. The van der Waals surface area contributed by atoms with E-state index in [0.717, 1.165) is 5.56 Å². The predicted octanol–water partition coefficient (Wildman–Crippen LogP) is 3.17. The summed E-state index contributed by atoms with van der Waals surface area (Å²) in [6.45, 7) is 3.27. The Morgan fingerprint density at radius 2 is 1.65 bits per heavy atom. The molecule has 1 amide bonds. The molecular formula is C16H15NO3. The van der Waals surface area contributed by atoms with Crippen molar-refractivity contribution in [1.82, 2.24) is 0 Å². The lowest BCUT2D eigenvalue weighted by Gasteiger charge is -2.09. The Morgan fingerprint density at radius 1 is 1.00 bits per heavy atom. The normalized spacial score (nSPS) is 9.90. The lowest BCUT2D eigenvalue weighted by atomic mass is 10.1. The number of benzene rings is 2. The van der Waals surface area contributed by atoms with Crippen LogP contribution in [0, 0.1) is 6.92 Å². The van der Waals surface area contributed by atoms with E-state index in [2.05, 4.69) is 5.32 Å². The molecule has 0 radical (unpaired) electrons. The van der Waals surface area contributed by atoms with Crippen LogP contribution in [0.2, 0.25) is 0 Å². The fourth-order valence-corrected chi connectivity index (χ4v) is 1.73. The molecule has 0 aromatic heterocycles. The van der Waals surface area contributed by atoms with Gasteiger partial charge in [0.2, 0.25) is 0 Å². The van der Waals surface area contributed by atoms with Gasteiger partial charge in [0.05, 0.1) is 5.56 Å². The van der Waals surface area contributed by atoms with Gasteiger partial charge < -0.3 is 10.1 Å². The van der Waals surface area contributed by atoms with Gasteiger partial charge in [-0.3, -0.25) is 9.59 Å². The van der Waals surface area contributed by atoms with Gasteiger partial charge in [-0.15, -0.1) is 0 Å². The summed E-state index contributed by atoms with van der Waals surface area (Å²) in [6, 6.07) is 14.1. The van der Waals surface area contributed by atoms with Crippen molar-refractivity contribution in [3.8, 4) is 5.75 Å². The number of ether oxygens (including phenoxy) is 1. The molecule has 2 rings (SSSR count). The van der Waals surface area contributed by atoms with E-state index in [1.54, 1.807) is 24.3 Å². The highest BCUT2D eigenvalue weighted by Gasteiger charge is 2.13. The molecular weight excluding hydrogens is 254 g/mol. The Balaban J connectivity index is 2.20. The molecule has 0 atom stereocenters. The minimum Gasteiger partial charge on any atom is -0.426 e. The Hall–Kier alpha value is -2.62. The van der Waals surface area contributed by atoms with Crippen molar-refractivity contribution in [1.29, 1.82) is 0 Å². The van der Waals surface area contributed by atoms with Crippen molar-refractivity contribution in [2.75, 3.05) is 5.32 Å². The van der Waals surface area contributed by atoms with Gasteiger partial charge in [-0.2, -0.15) is 0 Å². The van der Waals surface area contributed by atoms with Crippen LogP contribution >= 0.6 is 0 Å². The minimum absolute atomic E-state index is 0.254. The second-order valence-electron chi connectivity index (χ2n) is 4.41. The van der Waals surface area contributed by atoms with E-state index in [0.29, 0.717) is 11.3 Å². The van der Waals surface area contributed by atoms with Crippen LogP contribution in [0.1, 0.15) is 22.8 Å². The van der Waals surface area contributed by atoms with Crippen LogP contribution in [0.25, 0.3) is 0 Å². The Bertz CT molecular complexity index is 632. The van der Waals surface area contributed by atoms with Crippen LogP contribution < -0.4 is 10.1 Å². The SMILES string of the molecule is CC(=O)Oc1ccccc1C(=O)Nc1ccc(C)cc1. The number of esters is 1. The van der Waals surface area contributed by atoms with Gasteiger partial charge in [0.15, 0.2) is 0 Å². The maximum Gasteiger partial charge on any atom is 0.308 e. The van der Waals surface area contributed by atoms with E-state index in [-0.39, 0.29) is 11.7 Å². The third-order valence-electron chi connectivity index (χ3n) is 2.69. The second-order valence-corrected chi connectivity index (χ2v) is 4.41. The largest absolute Gasteiger partial charge is 0.426 e. The van der Waals surface area contributed by atoms with Gasteiger partial charge in [0.1, 0.15) is 5.75 Å². The monoisotopic (exact) mass is 269 g/mol. The molecule has 0 saturated carbocycles. The smallest absolute Gasteiger partial charge is 0.308 e. The van der Waals surface area contributed by atoms with Gasteiger partial charge in [-0.1, -0.05) is 29.8 Å². The Morgan fingerprint density at radius 3 is 2.30 bits per heavy atom. The number of amides is 1. The summed E-state index contributed by atoms with van der Waals surface area (Å²) in [4.78, 5) is 23.2. The molecule has 0 unspecified atom stereocenters.